The van der Waals surface area contributed by atoms with E-state index in [9.17, 15) is 5.11 Å². The van der Waals surface area contributed by atoms with Gasteiger partial charge in [0, 0.05) is 6.61 Å². The van der Waals surface area contributed by atoms with Gasteiger partial charge in [0.1, 0.15) is 0 Å². The van der Waals surface area contributed by atoms with Crippen LogP contribution in [0.5, 0.6) is 0 Å². The van der Waals surface area contributed by atoms with Crippen molar-refractivity contribution >= 4 is 0 Å². The number of piperidine rings is 1. The summed E-state index contributed by atoms with van der Waals surface area (Å²) < 4.78 is 5.46. The molecule has 0 atom stereocenters. The van der Waals surface area contributed by atoms with Crippen molar-refractivity contribution in [1.29, 1.82) is 0 Å². The third-order valence-corrected chi connectivity index (χ3v) is 2.36. The molecule has 1 saturated heterocycles. The van der Waals surface area contributed by atoms with Crippen LogP contribution in [0.1, 0.15) is 26.7 Å². The maximum Gasteiger partial charge on any atom is 0.0904 e. The smallest absolute Gasteiger partial charge is 0.0904 e. The third-order valence-electron chi connectivity index (χ3n) is 2.36. The van der Waals surface area contributed by atoms with Crippen molar-refractivity contribution in [3.8, 4) is 0 Å². The topological polar surface area (TPSA) is 41.5 Å². The van der Waals surface area contributed by atoms with Crippen LogP contribution in [0.4, 0.5) is 0 Å². The first kappa shape index (κ1) is 11.0. The molecular weight excluding hydrogens is 166 g/mol. The highest BCUT2D eigenvalue weighted by atomic mass is 16.5. The van der Waals surface area contributed by atoms with E-state index in [4.69, 9.17) is 4.74 Å². The van der Waals surface area contributed by atoms with Gasteiger partial charge in [0.15, 0.2) is 0 Å². The lowest BCUT2D eigenvalue weighted by molar-refractivity contribution is -0.0686. The summed E-state index contributed by atoms with van der Waals surface area (Å²) in [6.45, 7) is 7.28. The molecule has 1 aliphatic heterocycles. The lowest BCUT2D eigenvalue weighted by atomic mass is 9.93. The maximum absolute atomic E-state index is 10.0. The van der Waals surface area contributed by atoms with Crippen LogP contribution < -0.4 is 5.32 Å². The van der Waals surface area contributed by atoms with Crippen molar-refractivity contribution in [1.82, 2.24) is 5.32 Å². The van der Waals surface area contributed by atoms with Gasteiger partial charge >= 0.3 is 0 Å². The minimum absolute atomic E-state index is 0.493. The van der Waals surface area contributed by atoms with Crippen LogP contribution in [0.25, 0.3) is 0 Å². The molecule has 3 nitrogen and oxygen atoms in total. The maximum atomic E-state index is 10.0. The predicted octanol–water partition coefficient (Wildman–Crippen LogP) is 0.773. The molecule has 0 saturated carbocycles. The van der Waals surface area contributed by atoms with Gasteiger partial charge in [-0.1, -0.05) is 13.8 Å². The van der Waals surface area contributed by atoms with Gasteiger partial charge in [0.25, 0.3) is 0 Å². The lowest BCUT2D eigenvalue weighted by Gasteiger charge is -2.32. The molecule has 0 amide bonds. The zero-order valence-electron chi connectivity index (χ0n) is 8.68. The van der Waals surface area contributed by atoms with Crippen LogP contribution in [-0.4, -0.2) is 37.0 Å². The van der Waals surface area contributed by atoms with Crippen molar-refractivity contribution in [2.45, 2.75) is 32.3 Å². The van der Waals surface area contributed by atoms with Crippen LogP contribution in [0.2, 0.25) is 0 Å². The fourth-order valence-electron chi connectivity index (χ4n) is 1.52. The molecule has 3 heteroatoms. The molecule has 1 aliphatic rings. The second kappa shape index (κ2) is 4.94. The standard InChI is InChI=1S/C10H21NO2/c1-9(2)7-13-8-10(12)3-5-11-6-4-10/h9,11-12H,3-8H2,1-2H3. The molecule has 1 heterocycles. The van der Waals surface area contributed by atoms with Gasteiger partial charge in [-0.05, 0) is 31.8 Å². The molecule has 78 valence electrons. The summed E-state index contributed by atoms with van der Waals surface area (Å²) in [5, 5.41) is 13.2. The fourth-order valence-corrected chi connectivity index (χ4v) is 1.52. The first-order valence-electron chi connectivity index (χ1n) is 5.13. The summed E-state index contributed by atoms with van der Waals surface area (Å²) in [6.07, 6.45) is 1.62. The van der Waals surface area contributed by atoms with E-state index in [0.717, 1.165) is 32.5 Å². The predicted molar refractivity (Wildman–Crippen MR) is 52.7 cm³/mol. The third kappa shape index (κ3) is 4.07. The molecule has 0 radical (unpaired) electrons. The molecular formula is C10H21NO2. The molecule has 0 aromatic carbocycles. The van der Waals surface area contributed by atoms with E-state index in [2.05, 4.69) is 19.2 Å². The number of rotatable bonds is 4. The Morgan fingerprint density at radius 3 is 2.54 bits per heavy atom. The molecule has 0 aliphatic carbocycles. The summed E-state index contributed by atoms with van der Waals surface area (Å²) in [5.41, 5.74) is -0.569. The second-order valence-corrected chi connectivity index (χ2v) is 4.38. The summed E-state index contributed by atoms with van der Waals surface area (Å²) in [4.78, 5) is 0. The van der Waals surface area contributed by atoms with Crippen molar-refractivity contribution in [2.75, 3.05) is 26.3 Å². The van der Waals surface area contributed by atoms with E-state index < -0.39 is 5.60 Å². The van der Waals surface area contributed by atoms with E-state index in [-0.39, 0.29) is 0 Å². The summed E-state index contributed by atoms with van der Waals surface area (Å²) in [7, 11) is 0. The lowest BCUT2D eigenvalue weighted by Crippen LogP contribution is -2.45. The number of hydrogen-bond acceptors (Lipinski definition) is 3. The average Bonchev–Trinajstić information content (AvgIpc) is 2.04. The molecule has 1 fully saturated rings. The van der Waals surface area contributed by atoms with Gasteiger partial charge in [0.2, 0.25) is 0 Å². The van der Waals surface area contributed by atoms with E-state index in [1.165, 1.54) is 0 Å². The van der Waals surface area contributed by atoms with Crippen LogP contribution in [0.15, 0.2) is 0 Å². The Morgan fingerprint density at radius 1 is 1.38 bits per heavy atom. The van der Waals surface area contributed by atoms with Crippen LogP contribution >= 0.6 is 0 Å². The minimum Gasteiger partial charge on any atom is -0.387 e. The minimum atomic E-state index is -0.569. The molecule has 0 bridgehead atoms. The first-order valence-corrected chi connectivity index (χ1v) is 5.13. The molecule has 1 rings (SSSR count). The quantitative estimate of drug-likeness (QED) is 0.683. The Morgan fingerprint density at radius 2 is 2.00 bits per heavy atom. The molecule has 0 spiro atoms. The number of ether oxygens (including phenoxy) is 1. The average molecular weight is 187 g/mol. The zero-order valence-corrected chi connectivity index (χ0v) is 8.68. The van der Waals surface area contributed by atoms with Gasteiger partial charge in [0.05, 0.1) is 12.2 Å². The van der Waals surface area contributed by atoms with Gasteiger partial charge in [-0.15, -0.1) is 0 Å². The summed E-state index contributed by atoms with van der Waals surface area (Å²) >= 11 is 0. The first-order chi connectivity index (χ1) is 6.12. The Hall–Kier alpha value is -0.120. The van der Waals surface area contributed by atoms with Gasteiger partial charge < -0.3 is 15.2 Å². The van der Waals surface area contributed by atoms with Crippen molar-refractivity contribution in [3.63, 3.8) is 0 Å². The van der Waals surface area contributed by atoms with Gasteiger partial charge in [-0.25, -0.2) is 0 Å². The molecule has 13 heavy (non-hydrogen) atoms. The Labute approximate surface area is 80.5 Å². The normalized spacial score (nSPS) is 22.2. The van der Waals surface area contributed by atoms with Crippen molar-refractivity contribution in [2.24, 2.45) is 5.92 Å². The van der Waals surface area contributed by atoms with E-state index in [0.29, 0.717) is 12.5 Å². The molecule has 0 unspecified atom stereocenters. The number of hydrogen-bond donors (Lipinski definition) is 2. The van der Waals surface area contributed by atoms with Crippen molar-refractivity contribution < 1.29 is 9.84 Å². The largest absolute Gasteiger partial charge is 0.387 e. The molecule has 0 aromatic rings. The summed E-state index contributed by atoms with van der Waals surface area (Å²) in [5.74, 6) is 0.547. The SMILES string of the molecule is CC(C)COCC1(O)CCNCC1. The van der Waals surface area contributed by atoms with Crippen LogP contribution in [0, 0.1) is 5.92 Å². The monoisotopic (exact) mass is 187 g/mol. The Bertz CT molecular complexity index is 142. The molecule has 0 aromatic heterocycles. The Balaban J connectivity index is 2.17. The summed E-state index contributed by atoms with van der Waals surface area (Å²) in [6, 6.07) is 0. The van der Waals surface area contributed by atoms with Crippen molar-refractivity contribution in [3.05, 3.63) is 0 Å². The number of nitrogens with one attached hydrogen (secondary N) is 1. The van der Waals surface area contributed by atoms with E-state index >= 15 is 0 Å². The van der Waals surface area contributed by atoms with E-state index in [1.54, 1.807) is 0 Å². The fraction of sp³-hybridized carbons (Fsp3) is 1.00. The highest BCUT2D eigenvalue weighted by Crippen LogP contribution is 2.18. The zero-order chi connectivity index (χ0) is 9.73. The number of aliphatic hydroxyl groups is 1. The Kier molecular flexibility index (Phi) is 4.16. The molecule has 2 N–H and O–H groups in total. The van der Waals surface area contributed by atoms with Crippen LogP contribution in [0.3, 0.4) is 0 Å². The van der Waals surface area contributed by atoms with Gasteiger partial charge in [-0.3, -0.25) is 0 Å². The highest BCUT2D eigenvalue weighted by molar-refractivity contribution is 4.83. The van der Waals surface area contributed by atoms with E-state index in [1.807, 2.05) is 0 Å². The highest BCUT2D eigenvalue weighted by Gasteiger charge is 2.29. The van der Waals surface area contributed by atoms with Crippen LogP contribution in [-0.2, 0) is 4.74 Å². The van der Waals surface area contributed by atoms with Gasteiger partial charge in [-0.2, -0.15) is 0 Å². The second-order valence-electron chi connectivity index (χ2n) is 4.38.